The molecule has 16 heavy (non-hydrogen) atoms. The molecule has 2 amide bonds. The molecule has 0 saturated carbocycles. The van der Waals surface area contributed by atoms with Crippen molar-refractivity contribution in [3.8, 4) is 0 Å². The number of amides is 2. The van der Waals surface area contributed by atoms with Gasteiger partial charge in [-0.25, -0.2) is 4.79 Å². The second kappa shape index (κ2) is 8.51. The number of rotatable bonds is 8. The van der Waals surface area contributed by atoms with E-state index in [0.29, 0.717) is 19.1 Å². The molecule has 0 spiro atoms. The molecule has 7 heteroatoms. The third-order valence-corrected chi connectivity index (χ3v) is 5.05. The zero-order valence-electron chi connectivity index (χ0n) is 10.5. The average Bonchev–Trinajstić information content (AvgIpc) is 2.31. The highest BCUT2D eigenvalue weighted by Gasteiger charge is 2.36. The van der Waals surface area contributed by atoms with Crippen molar-refractivity contribution in [3.05, 3.63) is 0 Å². The molecule has 0 aliphatic rings. The van der Waals surface area contributed by atoms with Crippen LogP contribution in [0, 0.1) is 0 Å². The van der Waals surface area contributed by atoms with E-state index in [1.54, 1.807) is 21.3 Å². The maximum absolute atomic E-state index is 11.1. The quantitative estimate of drug-likeness (QED) is 0.488. The highest BCUT2D eigenvalue weighted by Crippen LogP contribution is 2.14. The molecule has 6 nitrogen and oxygen atoms in total. The lowest BCUT2D eigenvalue weighted by atomic mass is 10.5. The van der Waals surface area contributed by atoms with Gasteiger partial charge in [-0.05, 0) is 13.3 Å². The topological polar surface area (TPSA) is 68.8 Å². The average molecular weight is 250 g/mol. The number of carbonyl (C=O) groups excluding carboxylic acids is 1. The van der Waals surface area contributed by atoms with Crippen LogP contribution < -0.4 is 10.6 Å². The van der Waals surface area contributed by atoms with Gasteiger partial charge in [0, 0.05) is 40.5 Å². The van der Waals surface area contributed by atoms with Gasteiger partial charge >= 0.3 is 14.8 Å². The lowest BCUT2D eigenvalue weighted by Gasteiger charge is -2.24. The smallest absolute Gasteiger partial charge is 0.377 e. The molecule has 0 aliphatic heterocycles. The number of hydrogen-bond donors (Lipinski definition) is 2. The number of hydrogen-bond acceptors (Lipinski definition) is 4. The molecular formula is C9H22N2O4Si. The molecule has 0 saturated heterocycles. The van der Waals surface area contributed by atoms with Crippen LogP contribution in [0.25, 0.3) is 0 Å². The van der Waals surface area contributed by atoms with Crippen LogP contribution in [0.15, 0.2) is 0 Å². The predicted molar refractivity (Wildman–Crippen MR) is 63.3 cm³/mol. The summed E-state index contributed by atoms with van der Waals surface area (Å²) in [4.78, 5) is 11.1. The van der Waals surface area contributed by atoms with Crippen LogP contribution in [0.3, 0.4) is 0 Å². The Morgan fingerprint density at radius 1 is 1.12 bits per heavy atom. The van der Waals surface area contributed by atoms with Crippen molar-refractivity contribution in [2.45, 2.75) is 19.4 Å². The van der Waals surface area contributed by atoms with Gasteiger partial charge in [-0.1, -0.05) is 0 Å². The van der Waals surface area contributed by atoms with Crippen LogP contribution in [-0.4, -0.2) is 49.3 Å². The summed E-state index contributed by atoms with van der Waals surface area (Å²) >= 11 is 0. The first-order valence-corrected chi connectivity index (χ1v) is 7.24. The summed E-state index contributed by atoms with van der Waals surface area (Å²) in [6.07, 6.45) is 0.763. The van der Waals surface area contributed by atoms with Crippen molar-refractivity contribution < 1.29 is 18.1 Å². The van der Waals surface area contributed by atoms with E-state index in [-0.39, 0.29) is 6.03 Å². The SMILES string of the molecule is CCNC(=O)NCCC[Si](OC)(OC)OC. The maximum Gasteiger partial charge on any atom is 0.500 e. The van der Waals surface area contributed by atoms with E-state index in [2.05, 4.69) is 10.6 Å². The van der Waals surface area contributed by atoms with Gasteiger partial charge in [0.15, 0.2) is 0 Å². The predicted octanol–water partition coefficient (Wildman–Crippen LogP) is 0.574. The lowest BCUT2D eigenvalue weighted by Crippen LogP contribution is -2.43. The molecule has 0 aromatic carbocycles. The number of nitrogens with one attached hydrogen (secondary N) is 2. The molecule has 0 radical (unpaired) electrons. The van der Waals surface area contributed by atoms with Crippen molar-refractivity contribution >= 4 is 14.8 Å². The van der Waals surface area contributed by atoms with Gasteiger partial charge in [0.1, 0.15) is 0 Å². The van der Waals surface area contributed by atoms with Crippen LogP contribution in [0.5, 0.6) is 0 Å². The normalized spacial score (nSPS) is 11.2. The van der Waals surface area contributed by atoms with E-state index in [9.17, 15) is 4.79 Å². The minimum atomic E-state index is -2.48. The van der Waals surface area contributed by atoms with Crippen molar-refractivity contribution in [2.24, 2.45) is 0 Å². The molecule has 96 valence electrons. The summed E-state index contributed by atoms with van der Waals surface area (Å²) in [6.45, 7) is 3.08. The summed E-state index contributed by atoms with van der Waals surface area (Å²) in [5.41, 5.74) is 0. The van der Waals surface area contributed by atoms with Crippen molar-refractivity contribution in [3.63, 3.8) is 0 Å². The number of urea groups is 1. The van der Waals surface area contributed by atoms with E-state index in [4.69, 9.17) is 13.3 Å². The second-order valence-electron chi connectivity index (χ2n) is 3.19. The van der Waals surface area contributed by atoms with Crippen molar-refractivity contribution in [2.75, 3.05) is 34.4 Å². The summed E-state index contributed by atoms with van der Waals surface area (Å²) in [7, 11) is 2.26. The molecular weight excluding hydrogens is 228 g/mol. The largest absolute Gasteiger partial charge is 0.500 e. The Hall–Kier alpha value is -0.633. The van der Waals surface area contributed by atoms with E-state index < -0.39 is 8.80 Å². The molecule has 0 aromatic heterocycles. The minimum Gasteiger partial charge on any atom is -0.377 e. The Kier molecular flexibility index (Phi) is 8.17. The molecule has 2 N–H and O–H groups in total. The van der Waals surface area contributed by atoms with Gasteiger partial charge in [0.2, 0.25) is 0 Å². The van der Waals surface area contributed by atoms with Crippen LogP contribution in [-0.2, 0) is 13.3 Å². The Morgan fingerprint density at radius 2 is 1.69 bits per heavy atom. The Morgan fingerprint density at radius 3 is 2.12 bits per heavy atom. The molecule has 0 fully saturated rings. The van der Waals surface area contributed by atoms with Crippen molar-refractivity contribution in [1.82, 2.24) is 10.6 Å². The van der Waals surface area contributed by atoms with Gasteiger partial charge in [-0.2, -0.15) is 0 Å². The van der Waals surface area contributed by atoms with E-state index >= 15 is 0 Å². The van der Waals surface area contributed by atoms with Gasteiger partial charge in [0.25, 0.3) is 0 Å². The molecule has 0 bridgehead atoms. The zero-order chi connectivity index (χ0) is 12.4. The highest BCUT2D eigenvalue weighted by molar-refractivity contribution is 6.60. The first-order chi connectivity index (χ1) is 7.64. The molecule has 0 aliphatic carbocycles. The van der Waals surface area contributed by atoms with Crippen LogP contribution in [0.2, 0.25) is 6.04 Å². The summed E-state index contributed by atoms with van der Waals surface area (Å²) in [5, 5.41) is 5.39. The fourth-order valence-electron chi connectivity index (χ4n) is 1.29. The van der Waals surface area contributed by atoms with Gasteiger partial charge in [-0.3, -0.25) is 0 Å². The highest BCUT2D eigenvalue weighted by atomic mass is 28.4. The fraction of sp³-hybridized carbons (Fsp3) is 0.889. The third-order valence-electron chi connectivity index (χ3n) is 2.22. The first-order valence-electron chi connectivity index (χ1n) is 5.31. The second-order valence-corrected chi connectivity index (χ2v) is 6.28. The van der Waals surface area contributed by atoms with Gasteiger partial charge < -0.3 is 23.9 Å². The summed E-state index contributed by atoms with van der Waals surface area (Å²) < 4.78 is 15.8. The standard InChI is InChI=1S/C9H22N2O4Si/c1-5-10-9(12)11-7-6-8-16(13-2,14-3)15-4/h5-8H2,1-4H3,(H2,10,11,12). The molecule has 0 heterocycles. The summed E-state index contributed by atoms with van der Waals surface area (Å²) in [6, 6.07) is 0.533. The van der Waals surface area contributed by atoms with Crippen LogP contribution in [0.4, 0.5) is 4.79 Å². The Labute approximate surface area is 98.0 Å². The maximum atomic E-state index is 11.1. The molecule has 0 rings (SSSR count). The van der Waals surface area contributed by atoms with Crippen molar-refractivity contribution in [1.29, 1.82) is 0 Å². The first kappa shape index (κ1) is 15.4. The van der Waals surface area contributed by atoms with Gasteiger partial charge in [0.05, 0.1) is 0 Å². The van der Waals surface area contributed by atoms with E-state index in [0.717, 1.165) is 6.42 Å². The molecule has 0 unspecified atom stereocenters. The van der Waals surface area contributed by atoms with E-state index in [1.807, 2.05) is 6.92 Å². The molecule has 0 atom stereocenters. The number of carbonyl (C=O) groups is 1. The van der Waals surface area contributed by atoms with Crippen LogP contribution >= 0.6 is 0 Å². The third kappa shape index (κ3) is 5.45. The summed E-state index contributed by atoms with van der Waals surface area (Å²) in [5.74, 6) is 0. The van der Waals surface area contributed by atoms with Gasteiger partial charge in [-0.15, -0.1) is 0 Å². The molecule has 0 aromatic rings. The van der Waals surface area contributed by atoms with E-state index in [1.165, 1.54) is 0 Å². The fourth-order valence-corrected chi connectivity index (χ4v) is 3.01. The minimum absolute atomic E-state index is 0.151. The Bertz CT molecular complexity index is 192. The lowest BCUT2D eigenvalue weighted by molar-refractivity contribution is 0.123. The monoisotopic (exact) mass is 250 g/mol. The Balaban J connectivity index is 3.74. The van der Waals surface area contributed by atoms with Crippen LogP contribution in [0.1, 0.15) is 13.3 Å². The zero-order valence-corrected chi connectivity index (χ0v) is 11.5.